The van der Waals surface area contributed by atoms with E-state index in [-0.39, 0.29) is 5.91 Å². The Hall–Kier alpha value is -2.00. The molecule has 0 radical (unpaired) electrons. The van der Waals surface area contributed by atoms with Crippen molar-refractivity contribution in [3.63, 3.8) is 0 Å². The van der Waals surface area contributed by atoms with E-state index in [2.05, 4.69) is 5.32 Å². The van der Waals surface area contributed by atoms with Gasteiger partial charge >= 0.3 is 0 Å². The summed E-state index contributed by atoms with van der Waals surface area (Å²) in [5, 5.41) is 3.75. The zero-order chi connectivity index (χ0) is 16.3. The summed E-state index contributed by atoms with van der Waals surface area (Å²) in [7, 11) is 1.62. The Morgan fingerprint density at radius 1 is 1.13 bits per heavy atom. The minimum absolute atomic E-state index is 0.0468. The SMILES string of the molecule is COc1cccc(NC(=O)C2(c3ccc(Cl)cc3)CCCC2)c1. The van der Waals surface area contributed by atoms with Crippen LogP contribution in [-0.2, 0) is 10.2 Å². The number of anilines is 1. The number of ether oxygens (including phenoxy) is 1. The predicted octanol–water partition coefficient (Wildman–Crippen LogP) is 4.80. The number of benzene rings is 2. The molecular weight excluding hydrogens is 310 g/mol. The number of methoxy groups -OCH3 is 1. The number of hydrogen-bond donors (Lipinski definition) is 1. The Balaban J connectivity index is 1.88. The van der Waals surface area contributed by atoms with E-state index < -0.39 is 5.41 Å². The van der Waals surface area contributed by atoms with Crippen molar-refractivity contribution in [2.45, 2.75) is 31.1 Å². The van der Waals surface area contributed by atoms with Gasteiger partial charge in [-0.15, -0.1) is 0 Å². The summed E-state index contributed by atoms with van der Waals surface area (Å²) in [6.45, 7) is 0. The van der Waals surface area contributed by atoms with Crippen molar-refractivity contribution in [1.82, 2.24) is 0 Å². The third-order valence-corrected chi connectivity index (χ3v) is 4.87. The number of halogens is 1. The van der Waals surface area contributed by atoms with Crippen LogP contribution in [0.25, 0.3) is 0 Å². The lowest BCUT2D eigenvalue weighted by Crippen LogP contribution is -2.37. The summed E-state index contributed by atoms with van der Waals surface area (Å²) < 4.78 is 5.22. The first-order valence-electron chi connectivity index (χ1n) is 7.86. The van der Waals surface area contributed by atoms with Gasteiger partial charge in [-0.1, -0.05) is 42.6 Å². The quantitative estimate of drug-likeness (QED) is 0.875. The van der Waals surface area contributed by atoms with Gasteiger partial charge in [0.25, 0.3) is 0 Å². The molecule has 0 spiro atoms. The lowest BCUT2D eigenvalue weighted by molar-refractivity contribution is -0.121. The number of nitrogens with one attached hydrogen (secondary N) is 1. The molecule has 23 heavy (non-hydrogen) atoms. The number of carbonyl (C=O) groups is 1. The highest BCUT2D eigenvalue weighted by molar-refractivity contribution is 6.30. The molecule has 2 aromatic rings. The minimum atomic E-state index is -0.465. The Kier molecular flexibility index (Phi) is 4.58. The lowest BCUT2D eigenvalue weighted by Gasteiger charge is -2.28. The van der Waals surface area contributed by atoms with Crippen LogP contribution in [-0.4, -0.2) is 13.0 Å². The molecule has 0 bridgehead atoms. The highest BCUT2D eigenvalue weighted by Crippen LogP contribution is 2.42. The van der Waals surface area contributed by atoms with Gasteiger partial charge in [-0.2, -0.15) is 0 Å². The number of carbonyl (C=O) groups excluding carboxylic acids is 1. The maximum atomic E-state index is 13.0. The Morgan fingerprint density at radius 2 is 1.83 bits per heavy atom. The molecule has 0 unspecified atom stereocenters. The molecule has 0 heterocycles. The van der Waals surface area contributed by atoms with Crippen molar-refractivity contribution < 1.29 is 9.53 Å². The third kappa shape index (κ3) is 3.20. The normalized spacial score (nSPS) is 16.1. The Bertz CT molecular complexity index is 691. The average Bonchev–Trinajstić information content (AvgIpc) is 3.06. The lowest BCUT2D eigenvalue weighted by atomic mass is 9.78. The third-order valence-electron chi connectivity index (χ3n) is 4.62. The van der Waals surface area contributed by atoms with Crippen LogP contribution in [0.4, 0.5) is 5.69 Å². The molecule has 0 aliphatic heterocycles. The first-order valence-corrected chi connectivity index (χ1v) is 8.23. The van der Waals surface area contributed by atoms with Gasteiger partial charge in [0.05, 0.1) is 12.5 Å². The van der Waals surface area contributed by atoms with Crippen molar-refractivity contribution in [3.8, 4) is 5.75 Å². The second-order valence-corrected chi connectivity index (χ2v) is 6.42. The van der Waals surface area contributed by atoms with Crippen LogP contribution in [0.1, 0.15) is 31.2 Å². The molecule has 1 N–H and O–H groups in total. The van der Waals surface area contributed by atoms with Crippen LogP contribution in [0.15, 0.2) is 48.5 Å². The maximum Gasteiger partial charge on any atom is 0.235 e. The molecule has 2 aromatic carbocycles. The van der Waals surface area contributed by atoms with Crippen LogP contribution < -0.4 is 10.1 Å². The summed E-state index contributed by atoms with van der Waals surface area (Å²) in [5.74, 6) is 0.778. The zero-order valence-electron chi connectivity index (χ0n) is 13.1. The van der Waals surface area contributed by atoms with Crippen LogP contribution in [0, 0.1) is 0 Å². The standard InChI is InChI=1S/C19H20ClNO2/c1-23-17-6-4-5-16(13-17)21-18(22)19(11-2-3-12-19)14-7-9-15(20)10-8-14/h4-10,13H,2-3,11-12H2,1H3,(H,21,22). The van der Waals surface area contributed by atoms with Gasteiger partial charge in [-0.25, -0.2) is 0 Å². The molecule has 4 heteroatoms. The Morgan fingerprint density at radius 3 is 2.48 bits per heavy atom. The van der Waals surface area contributed by atoms with Crippen molar-refractivity contribution in [2.24, 2.45) is 0 Å². The van der Waals surface area contributed by atoms with Gasteiger partial charge in [0, 0.05) is 16.8 Å². The van der Waals surface area contributed by atoms with Gasteiger partial charge in [0.2, 0.25) is 5.91 Å². The smallest absolute Gasteiger partial charge is 0.235 e. The summed E-state index contributed by atoms with van der Waals surface area (Å²) in [6.07, 6.45) is 3.86. The first-order chi connectivity index (χ1) is 11.1. The van der Waals surface area contributed by atoms with Crippen LogP contribution in [0.2, 0.25) is 5.02 Å². The molecule has 1 saturated carbocycles. The number of amides is 1. The van der Waals surface area contributed by atoms with Crippen molar-refractivity contribution >= 4 is 23.2 Å². The van der Waals surface area contributed by atoms with Crippen molar-refractivity contribution in [2.75, 3.05) is 12.4 Å². The highest BCUT2D eigenvalue weighted by Gasteiger charge is 2.42. The van der Waals surface area contributed by atoms with E-state index in [4.69, 9.17) is 16.3 Å². The molecule has 3 nitrogen and oxygen atoms in total. The van der Waals surface area contributed by atoms with Gasteiger partial charge in [-0.05, 0) is 42.7 Å². The number of rotatable bonds is 4. The number of hydrogen-bond acceptors (Lipinski definition) is 2. The Labute approximate surface area is 141 Å². The predicted molar refractivity (Wildman–Crippen MR) is 93.2 cm³/mol. The average molecular weight is 330 g/mol. The largest absolute Gasteiger partial charge is 0.497 e. The molecule has 0 saturated heterocycles. The molecule has 0 atom stereocenters. The molecule has 120 valence electrons. The fourth-order valence-electron chi connectivity index (χ4n) is 3.35. The second-order valence-electron chi connectivity index (χ2n) is 5.98. The van der Waals surface area contributed by atoms with E-state index in [0.29, 0.717) is 5.02 Å². The molecule has 3 rings (SSSR count). The molecule has 1 amide bonds. The first kappa shape index (κ1) is 15.9. The van der Waals surface area contributed by atoms with Crippen LogP contribution >= 0.6 is 11.6 Å². The summed E-state index contributed by atoms with van der Waals surface area (Å²) in [5.41, 5.74) is 1.34. The molecular formula is C19H20ClNO2. The van der Waals surface area contributed by atoms with E-state index in [0.717, 1.165) is 42.7 Å². The monoisotopic (exact) mass is 329 g/mol. The van der Waals surface area contributed by atoms with E-state index in [1.807, 2.05) is 48.5 Å². The van der Waals surface area contributed by atoms with Gasteiger partial charge < -0.3 is 10.1 Å². The van der Waals surface area contributed by atoms with Gasteiger partial charge in [-0.3, -0.25) is 4.79 Å². The van der Waals surface area contributed by atoms with Gasteiger partial charge in [0.15, 0.2) is 0 Å². The van der Waals surface area contributed by atoms with Crippen LogP contribution in [0.3, 0.4) is 0 Å². The molecule has 1 aliphatic rings. The van der Waals surface area contributed by atoms with Gasteiger partial charge in [0.1, 0.15) is 5.75 Å². The van der Waals surface area contributed by atoms with E-state index in [9.17, 15) is 4.79 Å². The highest BCUT2D eigenvalue weighted by atomic mass is 35.5. The van der Waals surface area contributed by atoms with Crippen molar-refractivity contribution in [3.05, 3.63) is 59.1 Å². The van der Waals surface area contributed by atoms with Crippen molar-refractivity contribution in [1.29, 1.82) is 0 Å². The fourth-order valence-corrected chi connectivity index (χ4v) is 3.47. The fraction of sp³-hybridized carbons (Fsp3) is 0.316. The molecule has 1 aliphatic carbocycles. The van der Waals surface area contributed by atoms with E-state index in [1.54, 1.807) is 7.11 Å². The van der Waals surface area contributed by atoms with E-state index in [1.165, 1.54) is 0 Å². The summed E-state index contributed by atoms with van der Waals surface area (Å²) in [4.78, 5) is 13.0. The second kappa shape index (κ2) is 6.63. The van der Waals surface area contributed by atoms with Crippen LogP contribution in [0.5, 0.6) is 5.75 Å². The topological polar surface area (TPSA) is 38.3 Å². The molecule has 1 fully saturated rings. The summed E-state index contributed by atoms with van der Waals surface area (Å²) in [6, 6.07) is 15.1. The molecule has 0 aromatic heterocycles. The van der Waals surface area contributed by atoms with E-state index >= 15 is 0 Å². The minimum Gasteiger partial charge on any atom is -0.497 e. The maximum absolute atomic E-state index is 13.0. The summed E-state index contributed by atoms with van der Waals surface area (Å²) >= 11 is 5.99. The zero-order valence-corrected chi connectivity index (χ0v) is 13.9.